The van der Waals surface area contributed by atoms with Gasteiger partial charge in [0.15, 0.2) is 0 Å². The normalized spacial score (nSPS) is 10.4. The van der Waals surface area contributed by atoms with Crippen LogP contribution in [0, 0.1) is 0 Å². The molecule has 0 saturated carbocycles. The van der Waals surface area contributed by atoms with E-state index in [1.54, 1.807) is 10.9 Å². The Morgan fingerprint density at radius 1 is 1.42 bits per heavy atom. The lowest BCUT2D eigenvalue weighted by atomic mass is 10.3. The molecule has 1 amide bonds. The predicted octanol–water partition coefficient (Wildman–Crippen LogP) is 3.02. The third kappa shape index (κ3) is 4.10. The number of carbonyl (C=O) groups is 1. The lowest BCUT2D eigenvalue weighted by Crippen LogP contribution is -2.31. The Labute approximate surface area is 116 Å². The average Bonchev–Trinajstić information content (AvgIpc) is 2.88. The molecule has 5 nitrogen and oxygen atoms in total. The Morgan fingerprint density at radius 2 is 2.21 bits per heavy atom. The Balaban J connectivity index is 1.93. The van der Waals surface area contributed by atoms with Gasteiger partial charge in [0.1, 0.15) is 0 Å². The molecule has 2 aromatic rings. The molecular weight excluding hydrogens is 262 g/mol. The summed E-state index contributed by atoms with van der Waals surface area (Å²) in [6, 6.07) is 9.57. The van der Waals surface area contributed by atoms with Crippen molar-refractivity contribution >= 4 is 22.9 Å². The van der Waals surface area contributed by atoms with Crippen LogP contribution in [0.15, 0.2) is 41.1 Å². The zero-order valence-corrected chi connectivity index (χ0v) is 11.5. The number of unbranched alkanes of at least 4 members (excludes halogenated alkanes) is 1. The number of benzene rings is 1. The van der Waals surface area contributed by atoms with Gasteiger partial charge in [-0.05, 0) is 11.1 Å². The van der Waals surface area contributed by atoms with E-state index in [9.17, 15) is 4.79 Å². The Kier molecular flexibility index (Phi) is 4.97. The maximum absolute atomic E-state index is 11.6. The van der Waals surface area contributed by atoms with Gasteiger partial charge >= 0.3 is 5.88 Å². The molecular formula is C13H16N3O2S+. The van der Waals surface area contributed by atoms with Gasteiger partial charge in [0.25, 0.3) is 11.4 Å². The largest absolute Gasteiger partial charge is 0.303 e. The molecule has 0 saturated heterocycles. The number of aromatic nitrogens is 2. The van der Waals surface area contributed by atoms with E-state index in [1.165, 1.54) is 11.8 Å². The van der Waals surface area contributed by atoms with Crippen molar-refractivity contribution in [2.75, 3.05) is 11.1 Å². The predicted molar refractivity (Wildman–Crippen MR) is 74.4 cm³/mol. The monoisotopic (exact) mass is 278 g/mol. The molecule has 2 rings (SSSR count). The van der Waals surface area contributed by atoms with Crippen molar-refractivity contribution < 1.29 is 14.0 Å². The zero-order chi connectivity index (χ0) is 13.5. The molecule has 0 aliphatic carbocycles. The van der Waals surface area contributed by atoms with Crippen LogP contribution in [0.4, 0.5) is 10.7 Å². The van der Waals surface area contributed by atoms with Gasteiger partial charge in [-0.2, -0.15) is 0 Å². The van der Waals surface area contributed by atoms with Crippen LogP contribution < -0.4 is 10.00 Å². The summed E-state index contributed by atoms with van der Waals surface area (Å²) in [7, 11) is 0. The molecule has 1 heterocycles. The van der Waals surface area contributed by atoms with Gasteiger partial charge in [-0.3, -0.25) is 14.6 Å². The molecule has 0 radical (unpaired) electrons. The molecule has 19 heavy (non-hydrogen) atoms. The molecule has 6 heteroatoms. The number of thioether (sulfide) groups is 1. The van der Waals surface area contributed by atoms with E-state index in [4.69, 9.17) is 4.52 Å². The van der Waals surface area contributed by atoms with E-state index in [1.807, 2.05) is 30.3 Å². The molecule has 0 bridgehead atoms. The minimum Gasteiger partial charge on any atom is -0.282 e. The van der Waals surface area contributed by atoms with Gasteiger partial charge in [0, 0.05) is 17.9 Å². The lowest BCUT2D eigenvalue weighted by molar-refractivity contribution is -0.670. The van der Waals surface area contributed by atoms with Crippen LogP contribution in [0.3, 0.4) is 0 Å². The number of nitrogens with one attached hydrogen (secondary N) is 1. The van der Waals surface area contributed by atoms with Crippen molar-refractivity contribution in [1.29, 1.82) is 0 Å². The fourth-order valence-electron chi connectivity index (χ4n) is 1.45. The van der Waals surface area contributed by atoms with E-state index in [-0.39, 0.29) is 5.24 Å². The third-order valence-corrected chi connectivity index (χ3v) is 3.30. The number of hydrogen-bond acceptors (Lipinski definition) is 4. The molecule has 100 valence electrons. The summed E-state index contributed by atoms with van der Waals surface area (Å²) in [5, 5.41) is 6.40. The number of rotatable bonds is 5. The molecule has 0 atom stereocenters. The minimum absolute atomic E-state index is 0.121. The highest BCUT2D eigenvalue weighted by molar-refractivity contribution is 8.13. The number of nitrogens with zero attached hydrogens (tertiary/aromatic N) is 2. The van der Waals surface area contributed by atoms with Crippen LogP contribution in [0.25, 0.3) is 5.69 Å². The second-order valence-electron chi connectivity index (χ2n) is 3.96. The average molecular weight is 278 g/mol. The Bertz CT molecular complexity index is 528. The van der Waals surface area contributed by atoms with Crippen LogP contribution >= 0.6 is 11.8 Å². The Morgan fingerprint density at radius 3 is 2.95 bits per heavy atom. The quantitative estimate of drug-likeness (QED) is 0.674. The van der Waals surface area contributed by atoms with E-state index in [2.05, 4.69) is 17.5 Å². The molecule has 1 aromatic carbocycles. The highest BCUT2D eigenvalue weighted by Crippen LogP contribution is 2.11. The maximum atomic E-state index is 11.6. The van der Waals surface area contributed by atoms with E-state index in [0.717, 1.165) is 24.3 Å². The summed E-state index contributed by atoms with van der Waals surface area (Å²) in [4.78, 5) is 11.6. The molecule has 0 aliphatic rings. The highest BCUT2D eigenvalue weighted by atomic mass is 32.2. The number of amides is 1. The first-order valence-electron chi connectivity index (χ1n) is 6.17. The molecule has 1 aromatic heterocycles. The topological polar surface area (TPSA) is 59.0 Å². The van der Waals surface area contributed by atoms with Crippen LogP contribution in [0.1, 0.15) is 19.8 Å². The van der Waals surface area contributed by atoms with Gasteiger partial charge in [-0.1, -0.05) is 43.3 Å². The van der Waals surface area contributed by atoms with Crippen LogP contribution in [-0.2, 0) is 0 Å². The van der Waals surface area contributed by atoms with Crippen molar-refractivity contribution in [3.05, 3.63) is 36.5 Å². The fraction of sp³-hybridized carbons (Fsp3) is 0.308. The van der Waals surface area contributed by atoms with Gasteiger partial charge < -0.3 is 0 Å². The first-order valence-corrected chi connectivity index (χ1v) is 7.16. The molecule has 0 spiro atoms. The molecule has 0 unspecified atom stereocenters. The second-order valence-corrected chi connectivity index (χ2v) is 5.03. The third-order valence-electron chi connectivity index (χ3n) is 2.44. The molecule has 1 N–H and O–H groups in total. The maximum Gasteiger partial charge on any atom is 0.303 e. The smallest absolute Gasteiger partial charge is 0.282 e. The first-order chi connectivity index (χ1) is 9.29. The SMILES string of the molecule is CCCCSC(=O)Nc1c[n+](-c2ccccc2)no1. The van der Waals surface area contributed by atoms with Crippen molar-refractivity contribution in [2.45, 2.75) is 19.8 Å². The van der Waals surface area contributed by atoms with Gasteiger partial charge in [0.2, 0.25) is 11.0 Å². The Hall–Kier alpha value is -1.82. The number of anilines is 1. The number of carbonyl (C=O) groups excluding carboxylic acids is 1. The van der Waals surface area contributed by atoms with Crippen LogP contribution in [0.5, 0.6) is 0 Å². The van der Waals surface area contributed by atoms with E-state index >= 15 is 0 Å². The highest BCUT2D eigenvalue weighted by Gasteiger charge is 2.16. The zero-order valence-electron chi connectivity index (χ0n) is 10.7. The van der Waals surface area contributed by atoms with E-state index in [0.29, 0.717) is 5.88 Å². The minimum atomic E-state index is -0.121. The fourth-order valence-corrected chi connectivity index (χ4v) is 2.24. The first kappa shape index (κ1) is 13.6. The molecule has 0 aliphatic heterocycles. The summed E-state index contributed by atoms with van der Waals surface area (Å²) in [6.45, 7) is 2.09. The van der Waals surface area contributed by atoms with E-state index < -0.39 is 0 Å². The van der Waals surface area contributed by atoms with Gasteiger partial charge in [-0.15, -0.1) is 0 Å². The van der Waals surface area contributed by atoms with Crippen molar-refractivity contribution in [3.63, 3.8) is 0 Å². The van der Waals surface area contributed by atoms with Gasteiger partial charge in [-0.25, -0.2) is 0 Å². The second kappa shape index (κ2) is 6.94. The van der Waals surface area contributed by atoms with Crippen molar-refractivity contribution in [1.82, 2.24) is 5.27 Å². The number of hydrogen-bond donors (Lipinski definition) is 1. The summed E-state index contributed by atoms with van der Waals surface area (Å²) in [5.74, 6) is 1.16. The van der Waals surface area contributed by atoms with Crippen molar-refractivity contribution in [2.24, 2.45) is 0 Å². The summed E-state index contributed by atoms with van der Waals surface area (Å²) in [5.41, 5.74) is 0.880. The van der Waals surface area contributed by atoms with Crippen LogP contribution in [0.2, 0.25) is 0 Å². The number of para-hydroxylation sites is 1. The van der Waals surface area contributed by atoms with Gasteiger partial charge in [0.05, 0.1) is 0 Å². The summed E-state index contributed by atoms with van der Waals surface area (Å²) < 4.78 is 6.64. The van der Waals surface area contributed by atoms with Crippen LogP contribution in [-0.4, -0.2) is 16.3 Å². The summed E-state index contributed by atoms with van der Waals surface area (Å²) in [6.07, 6.45) is 3.75. The standard InChI is InChI=1S/C13H15N3O2S/c1-2-3-9-19-13(17)14-12-10-16(15-18-12)11-7-5-4-6-8-11/h4-8,10H,2-3,9H2,1H3/p+1. The summed E-state index contributed by atoms with van der Waals surface area (Å²) >= 11 is 1.25. The molecule has 0 fully saturated rings. The lowest BCUT2D eigenvalue weighted by Gasteiger charge is -1.97. The van der Waals surface area contributed by atoms with Crippen molar-refractivity contribution in [3.8, 4) is 5.69 Å².